The maximum atomic E-state index is 13.0. The Bertz CT molecular complexity index is 1230. The number of allylic oxidation sites excluding steroid dienone is 1. The lowest BCUT2D eigenvalue weighted by Gasteiger charge is -2.27. The molecule has 0 fully saturated rings. The van der Waals surface area contributed by atoms with Crippen molar-refractivity contribution in [2.45, 2.75) is 91.0 Å². The zero-order valence-corrected chi connectivity index (χ0v) is 21.7. The average molecular weight is 497 g/mol. The molecule has 1 aliphatic rings. The molecule has 8 nitrogen and oxygen atoms in total. The van der Waals surface area contributed by atoms with Crippen LogP contribution in [0.5, 0.6) is 0 Å². The molecule has 0 bridgehead atoms. The topological polar surface area (TPSA) is 112 Å². The Hall–Kier alpha value is -3.29. The van der Waals surface area contributed by atoms with Gasteiger partial charge in [0.2, 0.25) is 0 Å². The van der Waals surface area contributed by atoms with Crippen molar-refractivity contribution in [3.8, 4) is 0 Å². The summed E-state index contributed by atoms with van der Waals surface area (Å²) >= 11 is 0. The molecule has 2 heterocycles. The summed E-state index contributed by atoms with van der Waals surface area (Å²) in [6.07, 6.45) is 8.58. The summed E-state index contributed by atoms with van der Waals surface area (Å²) in [5.41, 5.74) is 1.28. The fraction of sp³-hybridized carbons (Fsp3) is 0.536. The number of aryl methyl sites for hydroxylation is 1. The van der Waals surface area contributed by atoms with Crippen LogP contribution in [-0.2, 0) is 16.0 Å². The van der Waals surface area contributed by atoms with E-state index in [9.17, 15) is 19.7 Å². The van der Waals surface area contributed by atoms with Gasteiger partial charge in [-0.25, -0.2) is 4.79 Å². The number of hydrogen-bond donors (Lipinski definition) is 0. The second-order valence-corrected chi connectivity index (χ2v) is 9.35. The normalized spacial score (nSPS) is 17.8. The summed E-state index contributed by atoms with van der Waals surface area (Å²) in [5, 5.41) is 12.5. The van der Waals surface area contributed by atoms with Crippen LogP contribution >= 0.6 is 0 Å². The van der Waals surface area contributed by atoms with Gasteiger partial charge in [0.15, 0.2) is 5.43 Å². The van der Waals surface area contributed by atoms with Crippen molar-refractivity contribution in [2.24, 2.45) is 4.99 Å². The SMILES string of the molecule is CCCCCCCCCc1cc(=O)c2cccc(C3C(C(=O)OCC)=C(C)N=C(C)C3[N+](=O)[O-])c2o1. The number of unbranched alkanes of at least 4 members (excludes halogenated alkanes) is 6. The van der Waals surface area contributed by atoms with Crippen LogP contribution in [0.3, 0.4) is 0 Å². The molecule has 36 heavy (non-hydrogen) atoms. The van der Waals surface area contributed by atoms with Gasteiger partial charge >= 0.3 is 5.97 Å². The molecule has 0 saturated carbocycles. The molecule has 8 heteroatoms. The number of carbonyl (C=O) groups is 1. The number of ether oxygens (including phenoxy) is 1. The molecule has 1 aromatic carbocycles. The third-order valence-electron chi connectivity index (χ3n) is 6.71. The van der Waals surface area contributed by atoms with Gasteiger partial charge in [0.1, 0.15) is 11.3 Å². The first-order chi connectivity index (χ1) is 17.3. The molecule has 1 aromatic heterocycles. The van der Waals surface area contributed by atoms with E-state index in [1.807, 2.05) is 0 Å². The minimum absolute atomic E-state index is 0.122. The van der Waals surface area contributed by atoms with E-state index < -0.39 is 22.9 Å². The molecule has 0 aliphatic carbocycles. The van der Waals surface area contributed by atoms with Crippen molar-refractivity contribution in [2.75, 3.05) is 6.61 Å². The monoisotopic (exact) mass is 496 g/mol. The quantitative estimate of drug-likeness (QED) is 0.151. The van der Waals surface area contributed by atoms with Gasteiger partial charge < -0.3 is 9.15 Å². The van der Waals surface area contributed by atoms with Crippen molar-refractivity contribution in [3.63, 3.8) is 0 Å². The van der Waals surface area contributed by atoms with Gasteiger partial charge in [0, 0.05) is 28.7 Å². The number of para-hydroxylation sites is 1. The molecule has 3 rings (SSSR count). The first kappa shape index (κ1) is 27.3. The number of esters is 1. The molecule has 0 radical (unpaired) electrons. The van der Waals surface area contributed by atoms with Crippen LogP contribution < -0.4 is 5.43 Å². The van der Waals surface area contributed by atoms with Crippen LogP contribution in [0.1, 0.15) is 89.9 Å². The Balaban J connectivity index is 2.02. The molecule has 0 amide bonds. The third-order valence-corrected chi connectivity index (χ3v) is 6.71. The Kier molecular flexibility index (Phi) is 9.56. The van der Waals surface area contributed by atoms with Gasteiger partial charge in [0.05, 0.1) is 29.2 Å². The third kappa shape index (κ3) is 6.09. The number of nitro groups is 1. The Morgan fingerprint density at radius 3 is 2.47 bits per heavy atom. The van der Waals surface area contributed by atoms with E-state index in [2.05, 4.69) is 11.9 Å². The number of nitrogens with zero attached hydrogens (tertiary/aromatic N) is 2. The van der Waals surface area contributed by atoms with Crippen molar-refractivity contribution in [1.82, 2.24) is 0 Å². The van der Waals surface area contributed by atoms with E-state index in [1.165, 1.54) is 31.7 Å². The number of fused-ring (bicyclic) bond motifs is 1. The predicted molar refractivity (Wildman–Crippen MR) is 140 cm³/mol. The van der Waals surface area contributed by atoms with Gasteiger partial charge in [-0.2, -0.15) is 0 Å². The summed E-state index contributed by atoms with van der Waals surface area (Å²) < 4.78 is 11.5. The predicted octanol–water partition coefficient (Wildman–Crippen LogP) is 6.13. The molecular formula is C28H36N2O6. The highest BCUT2D eigenvalue weighted by Gasteiger charge is 2.45. The first-order valence-corrected chi connectivity index (χ1v) is 12.9. The van der Waals surface area contributed by atoms with Gasteiger partial charge in [-0.3, -0.25) is 19.9 Å². The molecule has 0 spiro atoms. The lowest BCUT2D eigenvalue weighted by Crippen LogP contribution is -2.40. The van der Waals surface area contributed by atoms with Gasteiger partial charge in [-0.1, -0.05) is 57.6 Å². The lowest BCUT2D eigenvalue weighted by molar-refractivity contribution is -0.505. The minimum atomic E-state index is -1.28. The highest BCUT2D eigenvalue weighted by atomic mass is 16.6. The van der Waals surface area contributed by atoms with Crippen molar-refractivity contribution < 1.29 is 18.9 Å². The van der Waals surface area contributed by atoms with E-state index in [4.69, 9.17) is 9.15 Å². The van der Waals surface area contributed by atoms with Crippen LogP contribution in [-0.4, -0.2) is 29.3 Å². The van der Waals surface area contributed by atoms with Crippen LogP contribution in [0.2, 0.25) is 0 Å². The Labute approximate surface area is 211 Å². The van der Waals surface area contributed by atoms with E-state index in [0.29, 0.717) is 28.8 Å². The van der Waals surface area contributed by atoms with Crippen molar-refractivity contribution >= 4 is 22.7 Å². The van der Waals surface area contributed by atoms with Crippen molar-refractivity contribution in [3.05, 3.63) is 67.2 Å². The molecule has 2 atom stereocenters. The maximum absolute atomic E-state index is 13.0. The smallest absolute Gasteiger partial charge is 0.336 e. The fourth-order valence-electron chi connectivity index (χ4n) is 4.97. The maximum Gasteiger partial charge on any atom is 0.336 e. The molecule has 0 N–H and O–H groups in total. The first-order valence-electron chi connectivity index (χ1n) is 12.9. The van der Waals surface area contributed by atoms with Gasteiger partial charge in [-0.05, 0) is 33.3 Å². The van der Waals surface area contributed by atoms with Crippen LogP contribution in [0.15, 0.2) is 49.7 Å². The zero-order valence-electron chi connectivity index (χ0n) is 21.7. The lowest BCUT2D eigenvalue weighted by atomic mass is 9.79. The molecule has 2 aromatic rings. The Morgan fingerprint density at radius 2 is 1.81 bits per heavy atom. The van der Waals surface area contributed by atoms with E-state index in [1.54, 1.807) is 39.0 Å². The summed E-state index contributed by atoms with van der Waals surface area (Å²) in [5.74, 6) is -1.09. The summed E-state index contributed by atoms with van der Waals surface area (Å²) in [4.78, 5) is 42.0. The molecule has 1 aliphatic heterocycles. The summed E-state index contributed by atoms with van der Waals surface area (Å²) in [6, 6.07) is 5.23. The highest BCUT2D eigenvalue weighted by Crippen LogP contribution is 2.39. The van der Waals surface area contributed by atoms with Crippen molar-refractivity contribution in [1.29, 1.82) is 0 Å². The van der Waals surface area contributed by atoms with Crippen LogP contribution in [0.4, 0.5) is 0 Å². The Morgan fingerprint density at radius 1 is 1.11 bits per heavy atom. The van der Waals surface area contributed by atoms with Gasteiger partial charge in [0.25, 0.3) is 6.04 Å². The summed E-state index contributed by atoms with van der Waals surface area (Å²) in [6.45, 7) is 7.23. The number of aliphatic imine (C=N–C) groups is 1. The average Bonchev–Trinajstić information content (AvgIpc) is 2.82. The zero-order chi connectivity index (χ0) is 26.2. The van der Waals surface area contributed by atoms with Gasteiger partial charge in [-0.15, -0.1) is 0 Å². The summed E-state index contributed by atoms with van der Waals surface area (Å²) in [7, 11) is 0. The van der Waals surface area contributed by atoms with E-state index in [-0.39, 0.29) is 28.9 Å². The number of rotatable bonds is 12. The fourth-order valence-corrected chi connectivity index (χ4v) is 4.97. The number of hydrogen-bond acceptors (Lipinski definition) is 7. The second-order valence-electron chi connectivity index (χ2n) is 9.35. The highest BCUT2D eigenvalue weighted by molar-refractivity contribution is 5.99. The largest absolute Gasteiger partial charge is 0.463 e. The standard InChI is InChI=1S/C28H36N2O6/c1-5-7-8-9-10-11-12-14-20-17-23(31)21-15-13-16-22(27(21)36-20)25-24(28(32)35-6-2)18(3)29-19(4)26(25)30(33)34/h13,15-17,25-26H,5-12,14H2,1-4H3. The number of benzene rings is 1. The number of carbonyl (C=O) groups excluding carboxylic acids is 1. The second kappa shape index (κ2) is 12.6. The molecule has 2 unspecified atom stereocenters. The molecular weight excluding hydrogens is 460 g/mol. The van der Waals surface area contributed by atoms with Crippen LogP contribution in [0, 0.1) is 10.1 Å². The minimum Gasteiger partial charge on any atom is -0.463 e. The molecule has 0 saturated heterocycles. The van der Waals surface area contributed by atoms with E-state index >= 15 is 0 Å². The molecule has 194 valence electrons. The van der Waals surface area contributed by atoms with E-state index in [0.717, 1.165) is 19.3 Å². The van der Waals surface area contributed by atoms with Crippen LogP contribution in [0.25, 0.3) is 11.0 Å².